The Balaban J connectivity index is 1.13. The maximum Gasteiger partial charge on any atom is 0.174 e. The van der Waals surface area contributed by atoms with Crippen molar-refractivity contribution >= 4 is 65.8 Å². The van der Waals surface area contributed by atoms with Crippen molar-refractivity contribution in [2.45, 2.75) is 0 Å². The van der Waals surface area contributed by atoms with Gasteiger partial charge in [-0.3, -0.25) is 0 Å². The van der Waals surface area contributed by atoms with E-state index in [1.165, 1.54) is 59.8 Å². The average molecular weight is 674 g/mol. The monoisotopic (exact) mass is 673 g/mol. The third kappa shape index (κ3) is 4.90. The molecule has 0 aliphatic rings. The lowest BCUT2D eigenvalue weighted by atomic mass is 9.88. The summed E-state index contributed by atoms with van der Waals surface area (Å²) >= 11 is 3.28. The highest BCUT2D eigenvalue weighted by Gasteiger charge is 2.16. The van der Waals surface area contributed by atoms with Gasteiger partial charge in [0.05, 0.1) is 9.75 Å². The Labute approximate surface area is 296 Å². The Kier molecular flexibility index (Phi) is 6.86. The van der Waals surface area contributed by atoms with Gasteiger partial charge < -0.3 is 0 Å². The Morgan fingerprint density at radius 2 is 0.960 bits per heavy atom. The first kappa shape index (κ1) is 29.0. The molecule has 0 fully saturated rings. The van der Waals surface area contributed by atoms with Crippen molar-refractivity contribution in [2.24, 2.45) is 0 Å². The van der Waals surface area contributed by atoms with Gasteiger partial charge in [0.15, 0.2) is 17.5 Å². The van der Waals surface area contributed by atoms with Gasteiger partial charge in [-0.15, -0.1) is 22.7 Å². The zero-order chi connectivity index (χ0) is 33.0. The normalized spacial score (nSPS) is 11.6. The minimum Gasteiger partial charge on any atom is -0.207 e. The summed E-state index contributed by atoms with van der Waals surface area (Å²) < 4.78 is 0. The smallest absolute Gasteiger partial charge is 0.174 e. The number of hydrogen-bond donors (Lipinski definition) is 0. The van der Waals surface area contributed by atoms with Crippen LogP contribution in [0.15, 0.2) is 162 Å². The fraction of sp³-hybridized carbons (Fsp3) is 0. The van der Waals surface area contributed by atoms with E-state index in [4.69, 9.17) is 15.0 Å². The number of fused-ring (bicyclic) bond motifs is 5. The molecule has 7 aromatic carbocycles. The van der Waals surface area contributed by atoms with E-state index in [1.54, 1.807) is 22.7 Å². The molecular formula is C45H27N3S2. The SMILES string of the molecule is c1csc(-c2nc(-c3ccc(-c4c5ccccc5cc5c4ccc4c(-c6ccc7ccccc7c6)cccc45)cc3)nc(-c3cccs3)n2)c1. The molecular weight excluding hydrogens is 647 g/mol. The molecule has 0 bridgehead atoms. The fourth-order valence-corrected chi connectivity index (χ4v) is 8.46. The van der Waals surface area contributed by atoms with E-state index in [-0.39, 0.29) is 0 Å². The Bertz CT molecular complexity index is 2800. The lowest BCUT2D eigenvalue weighted by Gasteiger charge is -2.16. The van der Waals surface area contributed by atoms with Crippen LogP contribution < -0.4 is 0 Å². The predicted octanol–water partition coefficient (Wildman–Crippen LogP) is 12.9. The topological polar surface area (TPSA) is 38.7 Å². The van der Waals surface area contributed by atoms with E-state index in [0.717, 1.165) is 20.9 Å². The van der Waals surface area contributed by atoms with Gasteiger partial charge in [-0.1, -0.05) is 127 Å². The van der Waals surface area contributed by atoms with Crippen molar-refractivity contribution in [3.05, 3.63) is 162 Å². The zero-order valence-electron chi connectivity index (χ0n) is 26.7. The molecule has 10 aromatic rings. The first-order valence-electron chi connectivity index (χ1n) is 16.6. The van der Waals surface area contributed by atoms with Crippen molar-refractivity contribution in [3.8, 4) is 55.0 Å². The quantitative estimate of drug-likeness (QED) is 0.135. The van der Waals surface area contributed by atoms with E-state index in [0.29, 0.717) is 17.5 Å². The highest BCUT2D eigenvalue weighted by Crippen LogP contribution is 2.42. The molecule has 0 saturated heterocycles. The van der Waals surface area contributed by atoms with Crippen molar-refractivity contribution in [3.63, 3.8) is 0 Å². The number of hydrogen-bond acceptors (Lipinski definition) is 5. The first-order chi connectivity index (χ1) is 24.8. The molecule has 0 atom stereocenters. The Morgan fingerprint density at radius 3 is 1.70 bits per heavy atom. The molecule has 0 aliphatic carbocycles. The van der Waals surface area contributed by atoms with Crippen molar-refractivity contribution in [2.75, 3.05) is 0 Å². The van der Waals surface area contributed by atoms with Gasteiger partial charge in [-0.2, -0.15) is 0 Å². The summed E-state index contributed by atoms with van der Waals surface area (Å²) in [5.41, 5.74) is 5.83. The zero-order valence-corrected chi connectivity index (χ0v) is 28.4. The minimum absolute atomic E-state index is 0.674. The summed E-state index contributed by atoms with van der Waals surface area (Å²) in [6.45, 7) is 0. The van der Waals surface area contributed by atoms with E-state index in [2.05, 4.69) is 150 Å². The highest BCUT2D eigenvalue weighted by atomic mass is 32.1. The molecule has 0 radical (unpaired) electrons. The van der Waals surface area contributed by atoms with Crippen LogP contribution in [0.4, 0.5) is 0 Å². The molecule has 0 spiro atoms. The molecule has 3 heterocycles. The molecule has 0 unspecified atom stereocenters. The van der Waals surface area contributed by atoms with Crippen LogP contribution in [0.2, 0.25) is 0 Å². The number of thiophene rings is 2. The molecule has 3 aromatic heterocycles. The largest absolute Gasteiger partial charge is 0.207 e. The number of rotatable bonds is 5. The molecule has 0 amide bonds. The summed E-state index contributed by atoms with van der Waals surface area (Å²) in [6, 6.07) is 54.6. The van der Waals surface area contributed by atoms with Gasteiger partial charge in [0.25, 0.3) is 0 Å². The van der Waals surface area contributed by atoms with Crippen molar-refractivity contribution in [1.82, 2.24) is 15.0 Å². The Hall–Kier alpha value is -6.01. The summed E-state index contributed by atoms with van der Waals surface area (Å²) in [7, 11) is 0. The maximum atomic E-state index is 4.94. The molecule has 3 nitrogen and oxygen atoms in total. The molecule has 50 heavy (non-hydrogen) atoms. The highest BCUT2D eigenvalue weighted by molar-refractivity contribution is 7.13. The molecule has 234 valence electrons. The lowest BCUT2D eigenvalue weighted by Crippen LogP contribution is -1.98. The molecule has 0 aliphatic heterocycles. The first-order valence-corrected chi connectivity index (χ1v) is 18.3. The Morgan fingerprint density at radius 1 is 0.340 bits per heavy atom. The number of aromatic nitrogens is 3. The molecule has 0 N–H and O–H groups in total. The van der Waals surface area contributed by atoms with Crippen molar-refractivity contribution < 1.29 is 0 Å². The summed E-state index contributed by atoms with van der Waals surface area (Å²) in [5.74, 6) is 2.08. The number of nitrogens with zero attached hydrogens (tertiary/aromatic N) is 3. The van der Waals surface area contributed by atoms with Gasteiger partial charge in [0, 0.05) is 5.56 Å². The molecule has 5 heteroatoms. The van der Waals surface area contributed by atoms with Gasteiger partial charge in [0.2, 0.25) is 0 Å². The second kappa shape index (κ2) is 11.8. The van der Waals surface area contributed by atoms with Gasteiger partial charge in [0.1, 0.15) is 0 Å². The lowest BCUT2D eigenvalue weighted by molar-refractivity contribution is 1.08. The van der Waals surface area contributed by atoms with Crippen LogP contribution in [0.25, 0.3) is 98.1 Å². The van der Waals surface area contributed by atoms with Gasteiger partial charge >= 0.3 is 0 Å². The predicted molar refractivity (Wildman–Crippen MR) is 213 cm³/mol. The summed E-state index contributed by atoms with van der Waals surface area (Å²) in [5, 5.41) is 14.1. The summed E-state index contributed by atoms with van der Waals surface area (Å²) in [6.07, 6.45) is 0. The van der Waals surface area contributed by atoms with Gasteiger partial charge in [-0.25, -0.2) is 15.0 Å². The van der Waals surface area contributed by atoms with E-state index in [1.807, 2.05) is 12.1 Å². The standard InChI is InChI=1S/C45H27N3S2/c1-2-9-31-26-33(21-16-28(31)8-1)34-12-5-13-36-37(34)22-23-38-39(36)27-32-10-3-4-11-35(32)42(38)29-17-19-30(20-18-29)43-46-44(40-14-6-24-49-40)48-45(47-43)41-15-7-25-50-41/h1-27H. The van der Waals surface area contributed by atoms with Crippen LogP contribution in [0.1, 0.15) is 0 Å². The summed E-state index contributed by atoms with van der Waals surface area (Å²) in [4.78, 5) is 16.8. The van der Waals surface area contributed by atoms with Crippen molar-refractivity contribution in [1.29, 1.82) is 0 Å². The third-order valence-electron chi connectivity index (χ3n) is 9.51. The third-order valence-corrected chi connectivity index (χ3v) is 11.2. The molecule has 0 saturated carbocycles. The molecule has 10 rings (SSSR count). The minimum atomic E-state index is 0.674. The number of benzene rings is 7. The fourth-order valence-electron chi connectivity index (χ4n) is 7.15. The van der Waals surface area contributed by atoms with Crippen LogP contribution >= 0.6 is 22.7 Å². The second-order valence-electron chi connectivity index (χ2n) is 12.4. The average Bonchev–Trinajstić information content (AvgIpc) is 3.93. The van der Waals surface area contributed by atoms with E-state index < -0.39 is 0 Å². The van der Waals surface area contributed by atoms with E-state index >= 15 is 0 Å². The van der Waals surface area contributed by atoms with Crippen LogP contribution in [0.3, 0.4) is 0 Å². The van der Waals surface area contributed by atoms with Crippen LogP contribution in [0.5, 0.6) is 0 Å². The van der Waals surface area contributed by atoms with Crippen LogP contribution in [-0.2, 0) is 0 Å². The van der Waals surface area contributed by atoms with Gasteiger partial charge in [-0.05, 0) is 100 Å². The maximum absolute atomic E-state index is 4.94. The second-order valence-corrected chi connectivity index (χ2v) is 14.3. The van der Waals surface area contributed by atoms with E-state index in [9.17, 15) is 0 Å². The van der Waals surface area contributed by atoms with Crippen LogP contribution in [-0.4, -0.2) is 15.0 Å². The van der Waals surface area contributed by atoms with Crippen LogP contribution in [0, 0.1) is 0 Å².